The molecule has 0 heterocycles. The van der Waals surface area contributed by atoms with Crippen molar-refractivity contribution in [3.8, 4) is 0 Å². The van der Waals surface area contributed by atoms with Crippen molar-refractivity contribution in [2.24, 2.45) is 11.3 Å². The first-order valence-corrected chi connectivity index (χ1v) is 6.45. The molecular weight excluding hydrogens is 184 g/mol. The van der Waals surface area contributed by atoms with E-state index in [9.17, 15) is 4.79 Å². The van der Waals surface area contributed by atoms with Crippen molar-refractivity contribution in [3.05, 3.63) is 0 Å². The Morgan fingerprint density at radius 2 is 1.87 bits per heavy atom. The fourth-order valence-electron chi connectivity index (χ4n) is 2.11. The van der Waals surface area contributed by atoms with Crippen molar-refractivity contribution < 1.29 is 4.79 Å². The minimum atomic E-state index is 0.233. The molecule has 0 amide bonds. The fraction of sp³-hybridized carbons (Fsp3) is 0.929. The van der Waals surface area contributed by atoms with E-state index in [0.717, 1.165) is 6.42 Å². The molecule has 0 N–H and O–H groups in total. The standard InChI is InChI=1S/C14H28O/c1-6-8-9-10-14(5,7-2)11-12(3)13(4)15/h12H,6-11H2,1-5H3. The molecule has 0 aromatic rings. The highest BCUT2D eigenvalue weighted by atomic mass is 16.1. The maximum absolute atomic E-state index is 11.3. The van der Waals surface area contributed by atoms with Crippen LogP contribution in [0.3, 0.4) is 0 Å². The molecule has 0 rings (SSSR count). The molecule has 1 nitrogen and oxygen atoms in total. The predicted molar refractivity (Wildman–Crippen MR) is 67.0 cm³/mol. The van der Waals surface area contributed by atoms with E-state index < -0.39 is 0 Å². The Morgan fingerprint density at radius 1 is 1.27 bits per heavy atom. The van der Waals surface area contributed by atoms with Gasteiger partial charge in [-0.3, -0.25) is 4.79 Å². The minimum Gasteiger partial charge on any atom is -0.300 e. The quantitative estimate of drug-likeness (QED) is 0.537. The van der Waals surface area contributed by atoms with Crippen molar-refractivity contribution in [2.45, 2.75) is 73.1 Å². The molecule has 0 radical (unpaired) electrons. The summed E-state index contributed by atoms with van der Waals surface area (Å²) < 4.78 is 0. The maximum Gasteiger partial charge on any atom is 0.132 e. The lowest BCUT2D eigenvalue weighted by molar-refractivity contribution is -0.121. The number of hydrogen-bond acceptors (Lipinski definition) is 1. The summed E-state index contributed by atoms with van der Waals surface area (Å²) in [7, 11) is 0. The van der Waals surface area contributed by atoms with Gasteiger partial charge in [-0.15, -0.1) is 0 Å². The molecule has 0 saturated carbocycles. The summed E-state index contributed by atoms with van der Waals surface area (Å²) in [5.41, 5.74) is 0.375. The van der Waals surface area contributed by atoms with Crippen LogP contribution < -0.4 is 0 Å². The molecule has 0 saturated heterocycles. The SMILES string of the molecule is CCCCCC(C)(CC)CC(C)C(C)=O. The number of carbonyl (C=O) groups is 1. The van der Waals surface area contributed by atoms with E-state index in [1.807, 2.05) is 0 Å². The van der Waals surface area contributed by atoms with E-state index in [0.29, 0.717) is 11.2 Å². The predicted octanol–water partition coefficient (Wildman–Crippen LogP) is 4.60. The van der Waals surface area contributed by atoms with E-state index in [4.69, 9.17) is 0 Å². The lowest BCUT2D eigenvalue weighted by atomic mass is 9.75. The van der Waals surface area contributed by atoms with Crippen molar-refractivity contribution in [3.63, 3.8) is 0 Å². The monoisotopic (exact) mass is 212 g/mol. The van der Waals surface area contributed by atoms with E-state index in [2.05, 4.69) is 27.7 Å². The largest absolute Gasteiger partial charge is 0.300 e. The molecule has 0 aliphatic rings. The van der Waals surface area contributed by atoms with Crippen molar-refractivity contribution in [2.75, 3.05) is 0 Å². The number of unbranched alkanes of at least 4 members (excludes halogenated alkanes) is 2. The third kappa shape index (κ3) is 5.96. The summed E-state index contributed by atoms with van der Waals surface area (Å²) >= 11 is 0. The van der Waals surface area contributed by atoms with Crippen LogP contribution in [0.25, 0.3) is 0 Å². The van der Waals surface area contributed by atoms with Crippen LogP contribution in [0, 0.1) is 11.3 Å². The Morgan fingerprint density at radius 3 is 2.27 bits per heavy atom. The molecule has 2 atom stereocenters. The van der Waals surface area contributed by atoms with Gasteiger partial charge in [-0.25, -0.2) is 0 Å². The first kappa shape index (κ1) is 14.7. The highest BCUT2D eigenvalue weighted by Gasteiger charge is 2.25. The smallest absolute Gasteiger partial charge is 0.132 e. The molecule has 0 aromatic heterocycles. The van der Waals surface area contributed by atoms with Gasteiger partial charge in [-0.1, -0.05) is 53.4 Å². The Balaban J connectivity index is 4.11. The number of Topliss-reactive ketones (excluding diaryl/α,β-unsaturated/α-hetero) is 1. The minimum absolute atomic E-state index is 0.233. The summed E-state index contributed by atoms with van der Waals surface area (Å²) in [6, 6.07) is 0. The highest BCUT2D eigenvalue weighted by Crippen LogP contribution is 2.35. The molecule has 0 aliphatic carbocycles. The summed E-state index contributed by atoms with van der Waals surface area (Å²) in [6.45, 7) is 10.6. The molecule has 90 valence electrons. The molecule has 0 bridgehead atoms. The van der Waals surface area contributed by atoms with E-state index in [1.165, 1.54) is 32.1 Å². The van der Waals surface area contributed by atoms with Crippen LogP contribution in [0.1, 0.15) is 73.1 Å². The van der Waals surface area contributed by atoms with Crippen LogP contribution in [0.2, 0.25) is 0 Å². The van der Waals surface area contributed by atoms with Crippen LogP contribution in [0.5, 0.6) is 0 Å². The lowest BCUT2D eigenvalue weighted by Gasteiger charge is -2.30. The van der Waals surface area contributed by atoms with Gasteiger partial charge in [0.15, 0.2) is 0 Å². The number of ketones is 1. The van der Waals surface area contributed by atoms with Gasteiger partial charge in [0.2, 0.25) is 0 Å². The van der Waals surface area contributed by atoms with E-state index in [1.54, 1.807) is 6.92 Å². The Hall–Kier alpha value is -0.330. The normalized spacial score (nSPS) is 17.1. The van der Waals surface area contributed by atoms with Gasteiger partial charge >= 0.3 is 0 Å². The van der Waals surface area contributed by atoms with Gasteiger partial charge in [0.1, 0.15) is 5.78 Å². The average molecular weight is 212 g/mol. The van der Waals surface area contributed by atoms with Gasteiger partial charge in [0.05, 0.1) is 0 Å². The van der Waals surface area contributed by atoms with Gasteiger partial charge in [-0.2, -0.15) is 0 Å². The Labute approximate surface area is 95.6 Å². The van der Waals surface area contributed by atoms with E-state index >= 15 is 0 Å². The number of carbonyl (C=O) groups excluding carboxylic acids is 1. The van der Waals surface area contributed by atoms with E-state index in [-0.39, 0.29) is 5.92 Å². The molecule has 1 heteroatoms. The lowest BCUT2D eigenvalue weighted by Crippen LogP contribution is -2.22. The van der Waals surface area contributed by atoms with Crippen LogP contribution >= 0.6 is 0 Å². The summed E-state index contributed by atoms with van der Waals surface area (Å²) in [6.07, 6.45) is 7.43. The second-order valence-electron chi connectivity index (χ2n) is 5.34. The first-order valence-electron chi connectivity index (χ1n) is 6.45. The summed E-state index contributed by atoms with van der Waals surface area (Å²) in [5, 5.41) is 0. The molecule has 0 aliphatic heterocycles. The fourth-order valence-corrected chi connectivity index (χ4v) is 2.11. The molecule has 0 fully saturated rings. The van der Waals surface area contributed by atoms with Crippen molar-refractivity contribution >= 4 is 5.78 Å². The summed E-state index contributed by atoms with van der Waals surface area (Å²) in [5.74, 6) is 0.571. The van der Waals surface area contributed by atoms with Gasteiger partial charge in [-0.05, 0) is 25.2 Å². The maximum atomic E-state index is 11.3. The molecule has 0 aromatic carbocycles. The second-order valence-corrected chi connectivity index (χ2v) is 5.34. The topological polar surface area (TPSA) is 17.1 Å². The zero-order valence-electron chi connectivity index (χ0n) is 11.2. The molecule has 0 spiro atoms. The van der Waals surface area contributed by atoms with Gasteiger partial charge in [0.25, 0.3) is 0 Å². The zero-order valence-corrected chi connectivity index (χ0v) is 11.2. The highest BCUT2D eigenvalue weighted by molar-refractivity contribution is 5.77. The second kappa shape index (κ2) is 7.03. The first-order chi connectivity index (χ1) is 6.95. The van der Waals surface area contributed by atoms with Gasteiger partial charge < -0.3 is 0 Å². The molecule has 2 unspecified atom stereocenters. The summed E-state index contributed by atoms with van der Waals surface area (Å²) in [4.78, 5) is 11.3. The Bertz CT molecular complexity index is 186. The average Bonchev–Trinajstić information content (AvgIpc) is 2.18. The van der Waals surface area contributed by atoms with Crippen LogP contribution in [0.4, 0.5) is 0 Å². The van der Waals surface area contributed by atoms with Crippen LogP contribution in [-0.4, -0.2) is 5.78 Å². The third-order valence-electron chi connectivity index (χ3n) is 3.73. The van der Waals surface area contributed by atoms with Crippen molar-refractivity contribution in [1.82, 2.24) is 0 Å². The van der Waals surface area contributed by atoms with Gasteiger partial charge in [0, 0.05) is 5.92 Å². The third-order valence-corrected chi connectivity index (χ3v) is 3.73. The van der Waals surface area contributed by atoms with Crippen LogP contribution in [0.15, 0.2) is 0 Å². The zero-order chi connectivity index (χ0) is 11.9. The molecule has 15 heavy (non-hydrogen) atoms. The number of hydrogen-bond donors (Lipinski definition) is 0. The van der Waals surface area contributed by atoms with Crippen LogP contribution in [-0.2, 0) is 4.79 Å². The van der Waals surface area contributed by atoms with Crippen molar-refractivity contribution in [1.29, 1.82) is 0 Å². The number of rotatable bonds is 8. The molecular formula is C14H28O. The Kier molecular flexibility index (Phi) is 6.87.